The summed E-state index contributed by atoms with van der Waals surface area (Å²) in [6.45, 7) is 15.3. The van der Waals surface area contributed by atoms with Crippen molar-refractivity contribution in [2.24, 2.45) is 4.99 Å². The van der Waals surface area contributed by atoms with Crippen molar-refractivity contribution in [3.63, 3.8) is 0 Å². The first-order valence-corrected chi connectivity index (χ1v) is 7.30. The molecule has 116 valence electrons. The summed E-state index contributed by atoms with van der Waals surface area (Å²) in [5.74, 6) is 1.24. The molecule has 1 aromatic heterocycles. The third kappa shape index (κ3) is 3.29. The molecule has 1 aliphatic rings. The molecule has 23 heavy (non-hydrogen) atoms. The molecular weight excluding hydrogens is 284 g/mol. The summed E-state index contributed by atoms with van der Waals surface area (Å²) in [5, 5.41) is 0. The molecule has 0 amide bonds. The zero-order valence-electron chi connectivity index (χ0n) is 13.5. The molecule has 0 unspecified atom stereocenters. The van der Waals surface area contributed by atoms with Crippen LogP contribution < -0.4 is 0 Å². The first-order chi connectivity index (χ1) is 11.1. The van der Waals surface area contributed by atoms with E-state index in [4.69, 9.17) is 4.74 Å². The standard InChI is InChI=1S/C20H20N2O/c1-6-11-16-15(5)19(23-20(16)21-8-3)18(14(4)7-2)17-12-9-10-13-22-17/h6-13H,1-3H2,4-5H3/b16-11-,18-14-,21-20+. The molecule has 0 bridgehead atoms. The Kier molecular flexibility index (Phi) is 5.26. The van der Waals surface area contributed by atoms with Gasteiger partial charge in [-0.15, -0.1) is 0 Å². The number of aromatic nitrogens is 1. The van der Waals surface area contributed by atoms with Crippen molar-refractivity contribution < 1.29 is 4.74 Å². The largest absolute Gasteiger partial charge is 0.437 e. The Bertz CT molecular complexity index is 762. The molecule has 1 aliphatic heterocycles. The molecule has 0 spiro atoms. The molecule has 0 aliphatic carbocycles. The van der Waals surface area contributed by atoms with E-state index in [1.54, 1.807) is 18.3 Å². The summed E-state index contributed by atoms with van der Waals surface area (Å²) < 4.78 is 6.02. The van der Waals surface area contributed by atoms with Crippen LogP contribution in [0.2, 0.25) is 0 Å². The van der Waals surface area contributed by atoms with E-state index in [1.807, 2.05) is 38.1 Å². The lowest BCUT2D eigenvalue weighted by Gasteiger charge is -2.11. The predicted molar refractivity (Wildman–Crippen MR) is 96.7 cm³/mol. The van der Waals surface area contributed by atoms with E-state index in [2.05, 4.69) is 29.7 Å². The van der Waals surface area contributed by atoms with E-state index in [0.717, 1.165) is 33.7 Å². The number of allylic oxidation sites excluding steroid dienone is 5. The Morgan fingerprint density at radius 1 is 1.26 bits per heavy atom. The van der Waals surface area contributed by atoms with Gasteiger partial charge in [-0.25, -0.2) is 4.99 Å². The molecular formula is C20H20N2O. The molecule has 2 heterocycles. The SMILES string of the molecule is C=C/C=C1C(C)=C(/C(=C(/C)C=C)c2ccccn2)OC/1=N/C=C. The Morgan fingerprint density at radius 2 is 2.04 bits per heavy atom. The molecule has 2 rings (SSSR count). The minimum Gasteiger partial charge on any atom is -0.437 e. The summed E-state index contributed by atoms with van der Waals surface area (Å²) in [6.07, 6.45) is 8.62. The second-order valence-electron chi connectivity index (χ2n) is 4.97. The van der Waals surface area contributed by atoms with E-state index in [9.17, 15) is 0 Å². The van der Waals surface area contributed by atoms with Crippen molar-refractivity contribution in [2.45, 2.75) is 13.8 Å². The summed E-state index contributed by atoms with van der Waals surface area (Å²) in [4.78, 5) is 8.67. The van der Waals surface area contributed by atoms with E-state index in [0.29, 0.717) is 5.90 Å². The normalized spacial score (nSPS) is 18.7. The molecule has 3 heteroatoms. The fourth-order valence-electron chi connectivity index (χ4n) is 2.35. The number of hydrogen-bond donors (Lipinski definition) is 0. The van der Waals surface area contributed by atoms with Gasteiger partial charge in [0.25, 0.3) is 0 Å². The Morgan fingerprint density at radius 3 is 2.61 bits per heavy atom. The second-order valence-corrected chi connectivity index (χ2v) is 4.97. The van der Waals surface area contributed by atoms with Crippen molar-refractivity contribution in [1.82, 2.24) is 4.98 Å². The summed E-state index contributed by atoms with van der Waals surface area (Å²) in [6, 6.07) is 5.78. The number of ether oxygens (including phenoxy) is 1. The average Bonchev–Trinajstić information content (AvgIpc) is 2.86. The van der Waals surface area contributed by atoms with Crippen LogP contribution in [0.15, 0.2) is 96.0 Å². The van der Waals surface area contributed by atoms with Crippen LogP contribution >= 0.6 is 0 Å². The number of aliphatic imine (C=N–C) groups is 1. The first-order valence-electron chi connectivity index (χ1n) is 7.30. The molecule has 0 aromatic carbocycles. The lowest BCUT2D eigenvalue weighted by Crippen LogP contribution is -2.01. The van der Waals surface area contributed by atoms with Crippen molar-refractivity contribution in [1.29, 1.82) is 0 Å². The van der Waals surface area contributed by atoms with Crippen LogP contribution in [0.3, 0.4) is 0 Å². The molecule has 0 saturated heterocycles. The summed E-state index contributed by atoms with van der Waals surface area (Å²) in [7, 11) is 0. The number of nitrogens with zero attached hydrogens (tertiary/aromatic N) is 2. The molecule has 0 saturated carbocycles. The number of pyridine rings is 1. The minimum atomic E-state index is 0.512. The van der Waals surface area contributed by atoms with Gasteiger partial charge in [-0.2, -0.15) is 0 Å². The fraction of sp³-hybridized carbons (Fsp3) is 0.100. The van der Waals surface area contributed by atoms with Crippen LogP contribution in [-0.2, 0) is 4.74 Å². The maximum absolute atomic E-state index is 6.02. The summed E-state index contributed by atoms with van der Waals surface area (Å²) in [5.41, 5.74) is 4.59. The highest BCUT2D eigenvalue weighted by atomic mass is 16.5. The Hall–Kier alpha value is -2.94. The lowest BCUT2D eigenvalue weighted by atomic mass is 9.98. The highest BCUT2D eigenvalue weighted by molar-refractivity contribution is 6.05. The topological polar surface area (TPSA) is 34.5 Å². The van der Waals surface area contributed by atoms with Gasteiger partial charge in [0.15, 0.2) is 0 Å². The monoisotopic (exact) mass is 304 g/mol. The third-order valence-electron chi connectivity index (χ3n) is 3.52. The highest BCUT2D eigenvalue weighted by Gasteiger charge is 2.28. The summed E-state index contributed by atoms with van der Waals surface area (Å²) >= 11 is 0. The van der Waals surface area contributed by atoms with Gasteiger partial charge in [0.05, 0.1) is 5.69 Å². The van der Waals surface area contributed by atoms with Crippen molar-refractivity contribution in [3.8, 4) is 0 Å². The van der Waals surface area contributed by atoms with Crippen LogP contribution in [-0.4, -0.2) is 10.9 Å². The molecule has 1 aromatic rings. The molecule has 0 fully saturated rings. The van der Waals surface area contributed by atoms with Crippen LogP contribution in [0.1, 0.15) is 19.5 Å². The van der Waals surface area contributed by atoms with Crippen LogP contribution in [0.4, 0.5) is 0 Å². The van der Waals surface area contributed by atoms with E-state index < -0.39 is 0 Å². The molecule has 3 nitrogen and oxygen atoms in total. The van der Waals surface area contributed by atoms with E-state index in [1.165, 1.54) is 6.20 Å². The zero-order chi connectivity index (χ0) is 16.8. The van der Waals surface area contributed by atoms with E-state index >= 15 is 0 Å². The van der Waals surface area contributed by atoms with Crippen LogP contribution in [0, 0.1) is 0 Å². The lowest BCUT2D eigenvalue weighted by molar-refractivity contribution is 0.452. The quantitative estimate of drug-likeness (QED) is 0.717. The van der Waals surface area contributed by atoms with Gasteiger partial charge in [-0.1, -0.05) is 38.0 Å². The van der Waals surface area contributed by atoms with Gasteiger partial charge in [0, 0.05) is 29.1 Å². The van der Waals surface area contributed by atoms with Crippen LogP contribution in [0.25, 0.3) is 5.57 Å². The van der Waals surface area contributed by atoms with E-state index in [-0.39, 0.29) is 0 Å². The minimum absolute atomic E-state index is 0.512. The van der Waals surface area contributed by atoms with Crippen LogP contribution in [0.5, 0.6) is 0 Å². The molecule has 0 radical (unpaired) electrons. The second kappa shape index (κ2) is 7.36. The van der Waals surface area contributed by atoms with Crippen molar-refractivity contribution >= 4 is 11.5 Å². The van der Waals surface area contributed by atoms with Gasteiger partial charge < -0.3 is 4.74 Å². The zero-order valence-corrected chi connectivity index (χ0v) is 13.5. The number of hydrogen-bond acceptors (Lipinski definition) is 3. The smallest absolute Gasteiger partial charge is 0.226 e. The average molecular weight is 304 g/mol. The number of rotatable bonds is 5. The van der Waals surface area contributed by atoms with Crippen molar-refractivity contribution in [3.05, 3.63) is 96.7 Å². The Labute approximate surface area is 137 Å². The highest BCUT2D eigenvalue weighted by Crippen LogP contribution is 2.37. The fourth-order valence-corrected chi connectivity index (χ4v) is 2.35. The molecule has 0 atom stereocenters. The van der Waals surface area contributed by atoms with Gasteiger partial charge >= 0.3 is 0 Å². The van der Waals surface area contributed by atoms with Crippen molar-refractivity contribution in [2.75, 3.05) is 0 Å². The molecule has 0 N–H and O–H groups in total. The van der Waals surface area contributed by atoms with Gasteiger partial charge in [-0.05, 0) is 37.6 Å². The third-order valence-corrected chi connectivity index (χ3v) is 3.52. The Balaban J connectivity index is 2.68. The predicted octanol–water partition coefficient (Wildman–Crippen LogP) is 5.00. The van der Waals surface area contributed by atoms with Gasteiger partial charge in [0.1, 0.15) is 5.76 Å². The first kappa shape index (κ1) is 16.4. The maximum Gasteiger partial charge on any atom is 0.226 e. The van der Waals surface area contributed by atoms with Gasteiger partial charge in [-0.3, -0.25) is 4.98 Å². The van der Waals surface area contributed by atoms with Gasteiger partial charge in [0.2, 0.25) is 5.90 Å². The maximum atomic E-state index is 6.02.